The monoisotopic (exact) mass is 293 g/mol. The molecule has 1 aromatic carbocycles. The fourth-order valence-electron chi connectivity index (χ4n) is 2.75. The molecule has 6 nitrogen and oxygen atoms in total. The molecule has 4 rings (SSSR count). The average molecular weight is 293 g/mol. The highest BCUT2D eigenvalue weighted by Crippen LogP contribution is 2.47. The zero-order valence-electron chi connectivity index (χ0n) is 11.4. The van der Waals surface area contributed by atoms with Crippen molar-refractivity contribution in [2.75, 3.05) is 6.79 Å². The lowest BCUT2D eigenvalue weighted by Crippen LogP contribution is -2.21. The fraction of sp³-hybridized carbons (Fsp3) is 0.125. The maximum absolute atomic E-state index is 9.47. The molecular formula is C16H11N3O3. The number of benzene rings is 1. The molecule has 1 atom stereocenters. The maximum Gasteiger partial charge on any atom is 0.231 e. The third kappa shape index (κ3) is 1.76. The van der Waals surface area contributed by atoms with Crippen molar-refractivity contribution in [3.8, 4) is 23.3 Å². The molecule has 0 unspecified atom stereocenters. The van der Waals surface area contributed by atoms with Crippen LogP contribution in [0.15, 0.2) is 48.1 Å². The Hall–Kier alpha value is -3.20. The van der Waals surface area contributed by atoms with Crippen LogP contribution in [0.5, 0.6) is 17.2 Å². The highest BCUT2D eigenvalue weighted by atomic mass is 16.7. The van der Waals surface area contributed by atoms with Crippen LogP contribution in [0.3, 0.4) is 0 Å². The van der Waals surface area contributed by atoms with Crippen LogP contribution in [-0.4, -0.2) is 11.8 Å². The van der Waals surface area contributed by atoms with Crippen molar-refractivity contribution in [1.82, 2.24) is 4.98 Å². The van der Waals surface area contributed by atoms with Gasteiger partial charge in [-0.1, -0.05) is 0 Å². The van der Waals surface area contributed by atoms with Crippen LogP contribution in [0.25, 0.3) is 0 Å². The average Bonchev–Trinajstić information content (AvgIpc) is 2.99. The van der Waals surface area contributed by atoms with Gasteiger partial charge in [-0.15, -0.1) is 0 Å². The Kier molecular flexibility index (Phi) is 2.66. The topological polar surface area (TPSA) is 90.4 Å². The molecule has 0 amide bonds. The first-order valence-electron chi connectivity index (χ1n) is 6.69. The highest BCUT2D eigenvalue weighted by Gasteiger charge is 2.33. The lowest BCUT2D eigenvalue weighted by Gasteiger charge is -2.26. The molecule has 0 saturated heterocycles. The number of nitriles is 1. The Morgan fingerprint density at radius 3 is 2.59 bits per heavy atom. The van der Waals surface area contributed by atoms with Gasteiger partial charge < -0.3 is 19.9 Å². The van der Waals surface area contributed by atoms with E-state index in [4.69, 9.17) is 19.9 Å². The van der Waals surface area contributed by atoms with Gasteiger partial charge >= 0.3 is 0 Å². The highest BCUT2D eigenvalue weighted by molar-refractivity contribution is 5.61. The summed E-state index contributed by atoms with van der Waals surface area (Å²) in [6, 6.07) is 9.44. The van der Waals surface area contributed by atoms with Gasteiger partial charge in [0.25, 0.3) is 0 Å². The van der Waals surface area contributed by atoms with Gasteiger partial charge in [-0.25, -0.2) is 0 Å². The minimum Gasteiger partial charge on any atom is -0.454 e. The van der Waals surface area contributed by atoms with E-state index < -0.39 is 0 Å². The van der Waals surface area contributed by atoms with E-state index in [2.05, 4.69) is 11.1 Å². The summed E-state index contributed by atoms with van der Waals surface area (Å²) in [5, 5.41) is 9.47. The summed E-state index contributed by atoms with van der Waals surface area (Å²) in [6.07, 6.45) is 3.37. The first-order valence-corrected chi connectivity index (χ1v) is 6.69. The number of allylic oxidation sites excluding steroid dienone is 1. The summed E-state index contributed by atoms with van der Waals surface area (Å²) in [4.78, 5) is 4.02. The van der Waals surface area contributed by atoms with Crippen molar-refractivity contribution in [1.29, 1.82) is 5.26 Å². The lowest BCUT2D eigenvalue weighted by molar-refractivity contribution is 0.174. The summed E-state index contributed by atoms with van der Waals surface area (Å²) in [6.45, 7) is 0.173. The van der Waals surface area contributed by atoms with Crippen LogP contribution < -0.4 is 19.9 Å². The largest absolute Gasteiger partial charge is 0.454 e. The Balaban J connectivity index is 1.94. The van der Waals surface area contributed by atoms with Gasteiger partial charge in [-0.2, -0.15) is 5.26 Å². The molecule has 1 aromatic heterocycles. The molecule has 0 fully saturated rings. The quantitative estimate of drug-likeness (QED) is 0.865. The minimum atomic E-state index is -0.314. The second-order valence-corrected chi connectivity index (χ2v) is 4.95. The first-order chi connectivity index (χ1) is 10.8. The van der Waals surface area contributed by atoms with Gasteiger partial charge in [0.1, 0.15) is 17.4 Å². The van der Waals surface area contributed by atoms with Crippen LogP contribution in [0, 0.1) is 11.3 Å². The van der Waals surface area contributed by atoms with Crippen LogP contribution >= 0.6 is 0 Å². The minimum absolute atomic E-state index is 0.107. The van der Waals surface area contributed by atoms with Gasteiger partial charge in [0.2, 0.25) is 12.7 Å². The molecule has 2 N–H and O–H groups in total. The van der Waals surface area contributed by atoms with Gasteiger partial charge in [0.15, 0.2) is 11.5 Å². The Morgan fingerprint density at radius 2 is 1.86 bits per heavy atom. The summed E-state index contributed by atoms with van der Waals surface area (Å²) in [7, 11) is 0. The van der Waals surface area contributed by atoms with E-state index in [1.54, 1.807) is 18.5 Å². The predicted octanol–water partition coefficient (Wildman–Crippen LogP) is 2.03. The van der Waals surface area contributed by atoms with Crippen molar-refractivity contribution in [2.45, 2.75) is 5.92 Å². The molecule has 3 heterocycles. The Bertz CT molecular complexity index is 825. The van der Waals surface area contributed by atoms with Crippen LogP contribution in [0.1, 0.15) is 17.0 Å². The van der Waals surface area contributed by atoms with E-state index in [0.29, 0.717) is 22.8 Å². The second-order valence-electron chi connectivity index (χ2n) is 4.95. The fourth-order valence-corrected chi connectivity index (χ4v) is 2.75. The number of nitrogens with zero attached hydrogens (tertiary/aromatic N) is 2. The van der Waals surface area contributed by atoms with E-state index in [0.717, 1.165) is 11.1 Å². The lowest BCUT2D eigenvalue weighted by atomic mass is 9.84. The third-order valence-electron chi connectivity index (χ3n) is 3.75. The Morgan fingerprint density at radius 1 is 1.14 bits per heavy atom. The number of fused-ring (bicyclic) bond motifs is 2. The summed E-state index contributed by atoms with van der Waals surface area (Å²) < 4.78 is 16.4. The van der Waals surface area contributed by atoms with E-state index in [9.17, 15) is 5.26 Å². The first kappa shape index (κ1) is 12.5. The number of hydrogen-bond donors (Lipinski definition) is 1. The molecule has 6 heteroatoms. The number of ether oxygens (including phenoxy) is 3. The van der Waals surface area contributed by atoms with Gasteiger partial charge in [-0.05, 0) is 23.8 Å². The summed E-state index contributed by atoms with van der Waals surface area (Å²) >= 11 is 0. The molecule has 0 spiro atoms. The van der Waals surface area contributed by atoms with Crippen molar-refractivity contribution in [2.24, 2.45) is 5.73 Å². The number of pyridine rings is 1. The molecule has 0 bridgehead atoms. The van der Waals surface area contributed by atoms with Gasteiger partial charge in [0, 0.05) is 24.0 Å². The molecule has 108 valence electrons. The van der Waals surface area contributed by atoms with Crippen molar-refractivity contribution >= 4 is 0 Å². The number of aromatic nitrogens is 1. The molecule has 2 aliphatic rings. The van der Waals surface area contributed by atoms with Crippen molar-refractivity contribution in [3.05, 3.63) is 59.2 Å². The second kappa shape index (κ2) is 4.67. The van der Waals surface area contributed by atoms with Crippen LogP contribution in [0.4, 0.5) is 0 Å². The van der Waals surface area contributed by atoms with Crippen molar-refractivity contribution < 1.29 is 14.2 Å². The molecule has 0 aliphatic carbocycles. The predicted molar refractivity (Wildman–Crippen MR) is 76.1 cm³/mol. The maximum atomic E-state index is 9.47. The van der Waals surface area contributed by atoms with E-state index in [1.807, 2.05) is 18.2 Å². The molecule has 2 aromatic rings. The van der Waals surface area contributed by atoms with Gasteiger partial charge in [-0.3, -0.25) is 4.98 Å². The number of nitrogens with two attached hydrogens (primary N) is 1. The molecule has 22 heavy (non-hydrogen) atoms. The number of hydrogen-bond acceptors (Lipinski definition) is 6. The van der Waals surface area contributed by atoms with Crippen molar-refractivity contribution in [3.63, 3.8) is 0 Å². The van der Waals surface area contributed by atoms with Crippen LogP contribution in [0.2, 0.25) is 0 Å². The third-order valence-corrected chi connectivity index (χ3v) is 3.75. The molecule has 0 radical (unpaired) electrons. The van der Waals surface area contributed by atoms with E-state index >= 15 is 0 Å². The number of rotatable bonds is 1. The van der Waals surface area contributed by atoms with Gasteiger partial charge in [0.05, 0.1) is 5.92 Å². The smallest absolute Gasteiger partial charge is 0.231 e. The zero-order chi connectivity index (χ0) is 15.1. The van der Waals surface area contributed by atoms with Crippen LogP contribution in [-0.2, 0) is 0 Å². The standard InChI is InChI=1S/C16H11N3O3/c17-7-11-15(9-1-3-19-4-2-9)10-5-13-14(21-8-20-13)6-12(10)22-16(11)18/h1-6,15H,8,18H2/t15-/m1/s1. The summed E-state index contributed by atoms with van der Waals surface area (Å²) in [5.74, 6) is 1.61. The molecule has 0 saturated carbocycles. The summed E-state index contributed by atoms with van der Waals surface area (Å²) in [5.41, 5.74) is 8.03. The SMILES string of the molecule is N#CC1=C(N)Oc2cc3c(cc2[C@H]1c1ccncc1)OCO3. The Labute approximate surface area is 126 Å². The molecular weight excluding hydrogens is 282 g/mol. The molecule has 2 aliphatic heterocycles. The normalized spacial score (nSPS) is 18.4. The van der Waals surface area contributed by atoms with E-state index in [1.165, 1.54) is 0 Å². The van der Waals surface area contributed by atoms with E-state index in [-0.39, 0.29) is 18.6 Å². The zero-order valence-corrected chi connectivity index (χ0v) is 11.4.